The van der Waals surface area contributed by atoms with Crippen molar-refractivity contribution in [3.63, 3.8) is 0 Å². The molecule has 0 saturated carbocycles. The highest BCUT2D eigenvalue weighted by atomic mass is 16.2. The van der Waals surface area contributed by atoms with E-state index in [-0.39, 0.29) is 11.9 Å². The molecule has 0 aliphatic carbocycles. The number of carbonyl (C=O) groups excluding carboxylic acids is 1. The van der Waals surface area contributed by atoms with Crippen molar-refractivity contribution in [1.29, 1.82) is 0 Å². The molecule has 150 valence electrons. The average molecular weight is 389 g/mol. The van der Waals surface area contributed by atoms with Gasteiger partial charge in [0, 0.05) is 38.0 Å². The SMILES string of the molecule is CNc1ccc(-c2cccc(C(=O)N(C)C(CN(C)C)c3ccccc3)c2)cn1. The van der Waals surface area contributed by atoms with E-state index in [0.29, 0.717) is 5.56 Å². The topological polar surface area (TPSA) is 48.5 Å². The minimum Gasteiger partial charge on any atom is -0.373 e. The predicted octanol–water partition coefficient (Wildman–Crippen LogP) is 4.17. The second kappa shape index (κ2) is 9.34. The van der Waals surface area contributed by atoms with E-state index in [1.165, 1.54) is 0 Å². The number of anilines is 1. The van der Waals surface area contributed by atoms with E-state index in [4.69, 9.17) is 0 Å². The zero-order chi connectivity index (χ0) is 20.8. The van der Waals surface area contributed by atoms with Crippen LogP contribution >= 0.6 is 0 Å². The van der Waals surface area contributed by atoms with Crippen LogP contribution in [-0.4, -0.2) is 55.4 Å². The van der Waals surface area contributed by atoms with Gasteiger partial charge in [-0.3, -0.25) is 4.79 Å². The molecule has 3 aromatic rings. The van der Waals surface area contributed by atoms with Crippen LogP contribution in [0.2, 0.25) is 0 Å². The van der Waals surface area contributed by atoms with Gasteiger partial charge in [0.05, 0.1) is 6.04 Å². The first-order valence-corrected chi connectivity index (χ1v) is 9.70. The number of hydrogen-bond acceptors (Lipinski definition) is 4. The third-order valence-corrected chi connectivity index (χ3v) is 4.97. The lowest BCUT2D eigenvalue weighted by Gasteiger charge is -2.31. The maximum Gasteiger partial charge on any atom is 0.254 e. The molecule has 0 bridgehead atoms. The molecule has 0 spiro atoms. The van der Waals surface area contributed by atoms with E-state index in [2.05, 4.69) is 27.3 Å². The Kier molecular flexibility index (Phi) is 6.62. The van der Waals surface area contributed by atoms with Crippen molar-refractivity contribution in [3.8, 4) is 11.1 Å². The van der Waals surface area contributed by atoms with Crippen LogP contribution in [0.15, 0.2) is 72.9 Å². The molecule has 1 amide bonds. The van der Waals surface area contributed by atoms with Crippen LogP contribution in [0.5, 0.6) is 0 Å². The van der Waals surface area contributed by atoms with Crippen LogP contribution in [0, 0.1) is 0 Å². The smallest absolute Gasteiger partial charge is 0.254 e. The van der Waals surface area contributed by atoms with E-state index < -0.39 is 0 Å². The van der Waals surface area contributed by atoms with Crippen LogP contribution in [0.25, 0.3) is 11.1 Å². The number of nitrogens with one attached hydrogen (secondary N) is 1. The molecule has 1 aromatic heterocycles. The van der Waals surface area contributed by atoms with Crippen molar-refractivity contribution >= 4 is 11.7 Å². The Labute approximate surface area is 173 Å². The van der Waals surface area contributed by atoms with Crippen molar-refractivity contribution < 1.29 is 4.79 Å². The van der Waals surface area contributed by atoms with Crippen LogP contribution in [0.3, 0.4) is 0 Å². The zero-order valence-electron chi connectivity index (χ0n) is 17.5. The largest absolute Gasteiger partial charge is 0.373 e. The fraction of sp³-hybridized carbons (Fsp3) is 0.250. The average Bonchev–Trinajstić information content (AvgIpc) is 2.77. The quantitative estimate of drug-likeness (QED) is 0.660. The highest BCUT2D eigenvalue weighted by Gasteiger charge is 2.23. The van der Waals surface area contributed by atoms with Gasteiger partial charge in [-0.2, -0.15) is 0 Å². The number of aromatic nitrogens is 1. The fourth-order valence-electron chi connectivity index (χ4n) is 3.36. The number of hydrogen-bond donors (Lipinski definition) is 1. The van der Waals surface area contributed by atoms with E-state index in [1.54, 1.807) is 0 Å². The zero-order valence-corrected chi connectivity index (χ0v) is 17.5. The molecule has 1 atom stereocenters. The Bertz CT molecular complexity index is 939. The number of likely N-dealkylation sites (N-methyl/N-ethyl adjacent to an activating group) is 2. The molecule has 1 N–H and O–H groups in total. The molecular weight excluding hydrogens is 360 g/mol. The van der Waals surface area contributed by atoms with E-state index in [9.17, 15) is 4.79 Å². The van der Waals surface area contributed by atoms with E-state index in [0.717, 1.165) is 29.1 Å². The summed E-state index contributed by atoms with van der Waals surface area (Å²) < 4.78 is 0. The number of benzene rings is 2. The number of carbonyl (C=O) groups is 1. The van der Waals surface area contributed by atoms with E-state index in [1.807, 2.05) is 93.9 Å². The molecule has 0 saturated heterocycles. The monoisotopic (exact) mass is 388 g/mol. The second-order valence-corrected chi connectivity index (χ2v) is 7.37. The van der Waals surface area contributed by atoms with Crippen LogP contribution in [-0.2, 0) is 0 Å². The summed E-state index contributed by atoms with van der Waals surface area (Å²) in [5.74, 6) is 0.817. The molecule has 1 heterocycles. The van der Waals surface area contributed by atoms with Gasteiger partial charge in [-0.15, -0.1) is 0 Å². The molecule has 3 rings (SSSR count). The summed E-state index contributed by atoms with van der Waals surface area (Å²) >= 11 is 0. The fourth-order valence-corrected chi connectivity index (χ4v) is 3.36. The summed E-state index contributed by atoms with van der Waals surface area (Å²) in [4.78, 5) is 21.6. The molecule has 5 nitrogen and oxygen atoms in total. The highest BCUT2D eigenvalue weighted by Crippen LogP contribution is 2.25. The van der Waals surface area contributed by atoms with Crippen molar-refractivity contribution in [1.82, 2.24) is 14.8 Å². The summed E-state index contributed by atoms with van der Waals surface area (Å²) in [6.07, 6.45) is 1.82. The molecule has 0 radical (unpaired) electrons. The van der Waals surface area contributed by atoms with Gasteiger partial charge in [-0.1, -0.05) is 42.5 Å². The van der Waals surface area contributed by atoms with Gasteiger partial charge >= 0.3 is 0 Å². The first-order valence-electron chi connectivity index (χ1n) is 9.70. The summed E-state index contributed by atoms with van der Waals surface area (Å²) in [6.45, 7) is 0.751. The number of rotatable bonds is 7. The summed E-state index contributed by atoms with van der Waals surface area (Å²) in [5.41, 5.74) is 3.75. The Morgan fingerprint density at radius 2 is 1.72 bits per heavy atom. The molecule has 1 unspecified atom stereocenters. The van der Waals surface area contributed by atoms with Crippen molar-refractivity contribution in [2.75, 3.05) is 40.1 Å². The van der Waals surface area contributed by atoms with E-state index >= 15 is 0 Å². The molecule has 0 aliphatic heterocycles. The maximum atomic E-state index is 13.3. The maximum absolute atomic E-state index is 13.3. The number of nitrogens with zero attached hydrogens (tertiary/aromatic N) is 3. The first-order chi connectivity index (χ1) is 14.0. The van der Waals surface area contributed by atoms with Crippen LogP contribution < -0.4 is 5.32 Å². The summed E-state index contributed by atoms with van der Waals surface area (Å²) in [6, 6.07) is 21.8. The lowest BCUT2D eigenvalue weighted by Crippen LogP contribution is -2.37. The van der Waals surface area contributed by atoms with Crippen molar-refractivity contribution in [2.24, 2.45) is 0 Å². The first kappa shape index (κ1) is 20.6. The van der Waals surface area contributed by atoms with Gasteiger partial charge in [0.2, 0.25) is 0 Å². The molecule has 0 fully saturated rings. The minimum atomic E-state index is -0.0288. The normalized spacial score (nSPS) is 11.9. The van der Waals surface area contributed by atoms with Crippen molar-refractivity contribution in [2.45, 2.75) is 6.04 Å². The lowest BCUT2D eigenvalue weighted by molar-refractivity contribution is 0.0705. The Morgan fingerprint density at radius 1 is 0.966 bits per heavy atom. The predicted molar refractivity (Wildman–Crippen MR) is 119 cm³/mol. The summed E-state index contributed by atoms with van der Waals surface area (Å²) in [5, 5.41) is 3.02. The third kappa shape index (κ3) is 5.00. The van der Waals surface area contributed by atoms with Crippen molar-refractivity contribution in [3.05, 3.63) is 84.1 Å². The molecule has 0 aliphatic rings. The van der Waals surface area contributed by atoms with Crippen LogP contribution in [0.1, 0.15) is 22.0 Å². The molecule has 29 heavy (non-hydrogen) atoms. The third-order valence-electron chi connectivity index (χ3n) is 4.97. The Morgan fingerprint density at radius 3 is 2.34 bits per heavy atom. The van der Waals surface area contributed by atoms with Gasteiger partial charge in [0.1, 0.15) is 5.82 Å². The minimum absolute atomic E-state index is 0.00218. The van der Waals surface area contributed by atoms with Gasteiger partial charge < -0.3 is 15.1 Å². The highest BCUT2D eigenvalue weighted by molar-refractivity contribution is 5.95. The summed E-state index contributed by atoms with van der Waals surface area (Å²) in [7, 11) is 7.76. The number of amides is 1. The van der Waals surface area contributed by atoms with Crippen LogP contribution in [0.4, 0.5) is 5.82 Å². The van der Waals surface area contributed by atoms with Gasteiger partial charge in [0.15, 0.2) is 0 Å². The van der Waals surface area contributed by atoms with Gasteiger partial charge in [-0.05, 0) is 49.5 Å². The molecule has 2 aromatic carbocycles. The molecule has 5 heteroatoms. The standard InChI is InChI=1S/C24H28N4O/c1-25-23-14-13-21(16-26-23)19-11-8-12-20(15-19)24(29)28(4)22(17-27(2)3)18-9-6-5-7-10-18/h5-16,22H,17H2,1-4H3,(H,25,26). The van der Waals surface area contributed by atoms with Gasteiger partial charge in [-0.25, -0.2) is 4.98 Å². The lowest BCUT2D eigenvalue weighted by atomic mass is 10.0. The second-order valence-electron chi connectivity index (χ2n) is 7.37. The molecular formula is C24H28N4O. The number of pyridine rings is 1. The Balaban J connectivity index is 1.87. The Hall–Kier alpha value is -3.18. The van der Waals surface area contributed by atoms with Gasteiger partial charge in [0.25, 0.3) is 5.91 Å².